The highest BCUT2D eigenvalue weighted by Crippen LogP contribution is 2.39. The molecule has 1 aliphatic heterocycles. The molecular weight excluding hydrogens is 655 g/mol. The van der Waals surface area contributed by atoms with Gasteiger partial charge in [0.25, 0.3) is 5.56 Å². The summed E-state index contributed by atoms with van der Waals surface area (Å²) in [7, 11) is 0. The van der Waals surface area contributed by atoms with Gasteiger partial charge < -0.3 is 9.47 Å². The molecule has 3 aromatic rings. The Bertz CT molecular complexity index is 1810. The molecule has 9 nitrogen and oxygen atoms in total. The summed E-state index contributed by atoms with van der Waals surface area (Å²) in [5.41, 5.74) is -3.31. The number of esters is 1. The highest BCUT2D eigenvalue weighted by Gasteiger charge is 2.45. The summed E-state index contributed by atoms with van der Waals surface area (Å²) >= 11 is 9.77. The van der Waals surface area contributed by atoms with E-state index in [1.807, 2.05) is 0 Å². The van der Waals surface area contributed by atoms with Crippen molar-refractivity contribution >= 4 is 56.6 Å². The van der Waals surface area contributed by atoms with Gasteiger partial charge in [0, 0.05) is 11.1 Å². The Morgan fingerprint density at radius 1 is 1.34 bits per heavy atom. The molecule has 0 aliphatic carbocycles. The molecular formula is C26H16BrClF3N3O6S. The number of aromatic nitrogens is 1. The molecule has 41 heavy (non-hydrogen) atoms. The van der Waals surface area contributed by atoms with Gasteiger partial charge in [0.05, 0.1) is 32.2 Å². The van der Waals surface area contributed by atoms with Gasteiger partial charge in [-0.1, -0.05) is 41.0 Å². The van der Waals surface area contributed by atoms with E-state index in [0.717, 1.165) is 10.6 Å². The number of allylic oxidation sites excluding steroid dienone is 1. The molecule has 1 aliphatic rings. The SMILES string of the molecule is C#CCOc1c(Br)cc(/C=c2\sc3n(c2=O)[C@@H](c2ccc(Cl)cc2)C(C(=O)OCC)=C(C(F)(F)F)N=3)cc1[N+](=O)[O-]. The number of hydrogen-bond donors (Lipinski definition) is 0. The highest BCUT2D eigenvalue weighted by atomic mass is 79.9. The van der Waals surface area contributed by atoms with Gasteiger partial charge >= 0.3 is 17.8 Å². The maximum Gasteiger partial charge on any atom is 0.434 e. The van der Waals surface area contributed by atoms with Crippen molar-refractivity contribution in [1.82, 2.24) is 4.57 Å². The van der Waals surface area contributed by atoms with Crippen LogP contribution in [0.2, 0.25) is 5.02 Å². The first-order valence-corrected chi connectivity index (χ1v) is 13.5. The summed E-state index contributed by atoms with van der Waals surface area (Å²) in [6.07, 6.45) is 1.36. The van der Waals surface area contributed by atoms with Crippen LogP contribution in [-0.4, -0.2) is 34.8 Å². The minimum atomic E-state index is -5.07. The number of carbonyl (C=O) groups is 1. The number of terminal acetylenes is 1. The van der Waals surface area contributed by atoms with Crippen LogP contribution in [0, 0.1) is 22.5 Å². The number of halogens is 5. The first-order chi connectivity index (χ1) is 19.4. The normalized spacial score (nSPS) is 15.1. The lowest BCUT2D eigenvalue weighted by Gasteiger charge is -2.26. The molecule has 1 aromatic heterocycles. The van der Waals surface area contributed by atoms with E-state index in [1.165, 1.54) is 43.3 Å². The average Bonchev–Trinajstić information content (AvgIpc) is 3.21. The van der Waals surface area contributed by atoms with Gasteiger partial charge in [-0.05, 0) is 58.3 Å². The third-order valence-electron chi connectivity index (χ3n) is 5.62. The van der Waals surface area contributed by atoms with Gasteiger partial charge in [-0.2, -0.15) is 13.2 Å². The minimum Gasteiger partial charge on any atom is -0.473 e. The molecule has 0 amide bonds. The van der Waals surface area contributed by atoms with E-state index in [4.69, 9.17) is 27.5 Å². The summed E-state index contributed by atoms with van der Waals surface area (Å²) < 4.78 is 53.9. The lowest BCUT2D eigenvalue weighted by atomic mass is 9.95. The number of nitrogens with zero attached hydrogens (tertiary/aromatic N) is 3. The molecule has 0 unspecified atom stereocenters. The van der Waals surface area contributed by atoms with Gasteiger partial charge in [-0.15, -0.1) is 6.42 Å². The van der Waals surface area contributed by atoms with Crippen LogP contribution in [0.1, 0.15) is 24.1 Å². The van der Waals surface area contributed by atoms with Gasteiger partial charge in [-0.3, -0.25) is 19.5 Å². The van der Waals surface area contributed by atoms with Crippen LogP contribution in [-0.2, 0) is 9.53 Å². The van der Waals surface area contributed by atoms with E-state index >= 15 is 0 Å². The molecule has 0 bridgehead atoms. The van der Waals surface area contributed by atoms with E-state index in [-0.39, 0.29) is 48.9 Å². The molecule has 0 saturated heterocycles. The number of carbonyl (C=O) groups excluding carboxylic acids is 1. The number of nitro groups is 1. The standard InChI is InChI=1S/C26H16BrClF3N3O6S/c1-3-9-40-21-16(27)10-13(11-17(21)34(37)38)12-18-23(35)33-20(14-5-7-15(28)8-6-14)19(24(36)39-4-2)22(26(29,30)31)32-25(33)41-18/h1,5-8,10-12,20H,4,9H2,2H3/b18-12-/t20-/m0/s1. The zero-order chi connectivity index (χ0) is 30.1. The van der Waals surface area contributed by atoms with Crippen LogP contribution in [0.25, 0.3) is 6.08 Å². The van der Waals surface area contributed by atoms with Crippen LogP contribution in [0.3, 0.4) is 0 Å². The second-order valence-corrected chi connectivity index (χ2v) is 10.5. The third kappa shape index (κ3) is 6.07. The highest BCUT2D eigenvalue weighted by molar-refractivity contribution is 9.10. The molecule has 15 heteroatoms. The van der Waals surface area contributed by atoms with Crippen molar-refractivity contribution in [3.05, 3.63) is 98.1 Å². The molecule has 2 aromatic carbocycles. The predicted molar refractivity (Wildman–Crippen MR) is 147 cm³/mol. The number of hydrogen-bond acceptors (Lipinski definition) is 8. The van der Waals surface area contributed by atoms with E-state index < -0.39 is 45.6 Å². The molecule has 1 atom stereocenters. The zero-order valence-electron chi connectivity index (χ0n) is 20.7. The fourth-order valence-electron chi connectivity index (χ4n) is 4.03. The van der Waals surface area contributed by atoms with Crippen molar-refractivity contribution in [2.45, 2.75) is 19.1 Å². The second-order valence-electron chi connectivity index (χ2n) is 8.22. The van der Waals surface area contributed by atoms with E-state index in [0.29, 0.717) is 11.3 Å². The van der Waals surface area contributed by atoms with Crippen LogP contribution in [0.5, 0.6) is 5.75 Å². The summed E-state index contributed by atoms with van der Waals surface area (Å²) in [6, 6.07) is 6.57. The van der Waals surface area contributed by atoms with Crippen LogP contribution in [0.15, 0.2) is 61.9 Å². The quantitative estimate of drug-likeness (QED) is 0.156. The lowest BCUT2D eigenvalue weighted by Crippen LogP contribution is -2.41. The van der Waals surface area contributed by atoms with Crippen LogP contribution in [0.4, 0.5) is 18.9 Å². The van der Waals surface area contributed by atoms with Crippen molar-refractivity contribution in [2.75, 3.05) is 13.2 Å². The van der Waals surface area contributed by atoms with Crippen molar-refractivity contribution in [3.8, 4) is 18.1 Å². The van der Waals surface area contributed by atoms with Gasteiger partial charge in [0.1, 0.15) is 6.61 Å². The molecule has 212 valence electrons. The summed E-state index contributed by atoms with van der Waals surface area (Å²) in [5, 5.41) is 11.9. The van der Waals surface area contributed by atoms with Gasteiger partial charge in [-0.25, -0.2) is 9.79 Å². The lowest BCUT2D eigenvalue weighted by molar-refractivity contribution is -0.385. The molecule has 0 fully saturated rings. The Morgan fingerprint density at radius 2 is 2.02 bits per heavy atom. The predicted octanol–water partition coefficient (Wildman–Crippen LogP) is 4.68. The van der Waals surface area contributed by atoms with Gasteiger partial charge in [0.2, 0.25) is 5.75 Å². The second kappa shape index (κ2) is 11.9. The first kappa shape index (κ1) is 30.0. The Hall–Kier alpha value is -3.93. The minimum absolute atomic E-state index is 0.104. The number of ether oxygens (including phenoxy) is 2. The largest absolute Gasteiger partial charge is 0.473 e. The maximum absolute atomic E-state index is 14.2. The van der Waals surface area contributed by atoms with E-state index in [2.05, 4.69) is 26.8 Å². The zero-order valence-corrected chi connectivity index (χ0v) is 23.9. The molecule has 4 rings (SSSR count). The number of thiazole rings is 1. The van der Waals surface area contributed by atoms with Gasteiger partial charge in [0.15, 0.2) is 10.5 Å². The number of rotatable bonds is 7. The van der Waals surface area contributed by atoms with Crippen molar-refractivity contribution in [2.24, 2.45) is 4.99 Å². The Morgan fingerprint density at radius 3 is 2.61 bits per heavy atom. The Kier molecular flexibility index (Phi) is 8.71. The smallest absolute Gasteiger partial charge is 0.434 e. The summed E-state index contributed by atoms with van der Waals surface area (Å²) in [6.45, 7) is 0.963. The Labute approximate surface area is 246 Å². The topological polar surface area (TPSA) is 113 Å². The number of alkyl halides is 3. The number of benzene rings is 2. The van der Waals surface area contributed by atoms with Crippen molar-refractivity contribution in [1.29, 1.82) is 0 Å². The van der Waals surface area contributed by atoms with Crippen LogP contribution < -0.4 is 19.6 Å². The molecule has 0 saturated carbocycles. The van der Waals surface area contributed by atoms with Crippen LogP contribution >= 0.6 is 38.9 Å². The molecule has 2 heterocycles. The van der Waals surface area contributed by atoms with Crippen molar-refractivity contribution < 1.29 is 32.4 Å². The molecule has 0 N–H and O–H groups in total. The van der Waals surface area contributed by atoms with E-state index in [1.54, 1.807) is 0 Å². The fourth-order valence-corrected chi connectivity index (χ4v) is 5.74. The monoisotopic (exact) mass is 669 g/mol. The third-order valence-corrected chi connectivity index (χ3v) is 7.45. The molecule has 0 spiro atoms. The van der Waals surface area contributed by atoms with Crippen molar-refractivity contribution in [3.63, 3.8) is 0 Å². The summed E-state index contributed by atoms with van der Waals surface area (Å²) in [5.74, 6) is 0.775. The van der Waals surface area contributed by atoms with E-state index in [9.17, 15) is 32.9 Å². The molecule has 0 radical (unpaired) electrons. The number of nitro benzene ring substituents is 1. The Balaban J connectivity index is 2.01. The number of fused-ring (bicyclic) bond motifs is 1. The first-order valence-electron chi connectivity index (χ1n) is 11.5. The fraction of sp³-hybridized carbons (Fsp3) is 0.192. The summed E-state index contributed by atoms with van der Waals surface area (Å²) in [4.78, 5) is 40.8. The average molecular weight is 671 g/mol. The maximum atomic E-state index is 14.2.